The van der Waals surface area contributed by atoms with E-state index in [0.717, 1.165) is 12.2 Å². The van der Waals surface area contributed by atoms with Gasteiger partial charge >= 0.3 is 0 Å². The second kappa shape index (κ2) is 5.57. The first kappa shape index (κ1) is 14.8. The third-order valence-corrected chi connectivity index (χ3v) is 5.84. The molecule has 1 fully saturated rings. The van der Waals surface area contributed by atoms with Crippen molar-refractivity contribution in [2.24, 2.45) is 0 Å². The molecule has 1 atom stereocenters. The normalized spacial score (nSPS) is 21.7. The Balaban J connectivity index is 2.14. The van der Waals surface area contributed by atoms with Crippen LogP contribution in [0.25, 0.3) is 11.0 Å². The molecule has 1 aliphatic heterocycles. The van der Waals surface area contributed by atoms with E-state index >= 15 is 0 Å². The van der Waals surface area contributed by atoms with E-state index in [2.05, 4.69) is 4.98 Å². The van der Waals surface area contributed by atoms with Crippen molar-refractivity contribution in [1.29, 1.82) is 0 Å². The summed E-state index contributed by atoms with van der Waals surface area (Å²) in [4.78, 5) is 4.48. The number of hydrogen-bond donors (Lipinski definition) is 0. The van der Waals surface area contributed by atoms with Gasteiger partial charge in [0, 0.05) is 18.3 Å². The van der Waals surface area contributed by atoms with Gasteiger partial charge in [-0.15, -0.1) is 11.6 Å². The molecule has 0 saturated carbocycles. The van der Waals surface area contributed by atoms with Crippen molar-refractivity contribution >= 4 is 32.5 Å². The fourth-order valence-corrected chi connectivity index (χ4v) is 4.83. The maximum absolute atomic E-state index is 13.5. The summed E-state index contributed by atoms with van der Waals surface area (Å²) in [5, 5.41) is 0. The van der Waals surface area contributed by atoms with Gasteiger partial charge in [0.1, 0.15) is 11.6 Å². The van der Waals surface area contributed by atoms with Crippen LogP contribution >= 0.6 is 11.6 Å². The summed E-state index contributed by atoms with van der Waals surface area (Å²) < 4.78 is 39.2. The maximum atomic E-state index is 13.5. The minimum absolute atomic E-state index is 0.0876. The van der Waals surface area contributed by atoms with Gasteiger partial charge < -0.3 is 4.57 Å². The van der Waals surface area contributed by atoms with Crippen LogP contribution < -0.4 is 0 Å². The van der Waals surface area contributed by atoms with E-state index in [0.29, 0.717) is 29.8 Å². The van der Waals surface area contributed by atoms with E-state index < -0.39 is 9.84 Å². The van der Waals surface area contributed by atoms with E-state index in [4.69, 9.17) is 11.6 Å². The molecule has 0 spiro atoms. The van der Waals surface area contributed by atoms with E-state index in [-0.39, 0.29) is 23.4 Å². The molecule has 1 aromatic heterocycles. The summed E-state index contributed by atoms with van der Waals surface area (Å²) in [5.41, 5.74) is 1.33. The SMILES string of the molecule is O=S1(=O)CCCC(n2c(CCCl)nc3ccc(F)cc32)C1. The third kappa shape index (κ3) is 2.92. The fraction of sp³-hybridized carbons (Fsp3) is 0.500. The lowest BCUT2D eigenvalue weighted by Crippen LogP contribution is -2.28. The van der Waals surface area contributed by atoms with Gasteiger partial charge in [0.05, 0.1) is 22.5 Å². The number of halogens is 2. The van der Waals surface area contributed by atoms with Crippen molar-refractivity contribution < 1.29 is 12.8 Å². The summed E-state index contributed by atoms with van der Waals surface area (Å²) in [7, 11) is -3.04. The molecule has 0 N–H and O–H groups in total. The van der Waals surface area contributed by atoms with Crippen LogP contribution in [0, 0.1) is 5.82 Å². The zero-order valence-electron chi connectivity index (χ0n) is 11.4. The number of hydrogen-bond acceptors (Lipinski definition) is 3. The zero-order chi connectivity index (χ0) is 15.0. The fourth-order valence-electron chi connectivity index (χ4n) is 2.99. The number of fused-ring (bicyclic) bond motifs is 1. The maximum Gasteiger partial charge on any atom is 0.152 e. The predicted molar refractivity (Wildman–Crippen MR) is 81.0 cm³/mol. The smallest absolute Gasteiger partial charge is 0.152 e. The Bertz CT molecular complexity index is 773. The van der Waals surface area contributed by atoms with Gasteiger partial charge in [-0.1, -0.05) is 0 Å². The van der Waals surface area contributed by atoms with Crippen LogP contribution in [-0.4, -0.2) is 35.4 Å². The molecule has 21 heavy (non-hydrogen) atoms. The van der Waals surface area contributed by atoms with Crippen molar-refractivity contribution in [2.75, 3.05) is 17.4 Å². The molecule has 1 saturated heterocycles. The topological polar surface area (TPSA) is 52.0 Å². The first-order valence-electron chi connectivity index (χ1n) is 6.93. The summed E-state index contributed by atoms with van der Waals surface area (Å²) in [6.07, 6.45) is 1.92. The average Bonchev–Trinajstić information content (AvgIpc) is 2.75. The molecule has 7 heteroatoms. The van der Waals surface area contributed by atoms with Gasteiger partial charge in [-0.3, -0.25) is 0 Å². The lowest BCUT2D eigenvalue weighted by atomic mass is 10.1. The molecule has 114 valence electrons. The summed E-state index contributed by atoms with van der Waals surface area (Å²) in [6, 6.07) is 4.22. The van der Waals surface area contributed by atoms with Crippen molar-refractivity contribution in [1.82, 2.24) is 9.55 Å². The Hall–Kier alpha value is -1.14. The number of sulfone groups is 1. The van der Waals surface area contributed by atoms with Crippen molar-refractivity contribution in [2.45, 2.75) is 25.3 Å². The van der Waals surface area contributed by atoms with Crippen LogP contribution in [0.5, 0.6) is 0 Å². The number of nitrogens with zero attached hydrogens (tertiary/aromatic N) is 2. The molecule has 0 aliphatic carbocycles. The third-order valence-electron chi connectivity index (χ3n) is 3.85. The Labute approximate surface area is 127 Å². The van der Waals surface area contributed by atoms with E-state index in [9.17, 15) is 12.8 Å². The second-order valence-corrected chi connectivity index (χ2v) is 7.99. The minimum atomic E-state index is -3.04. The number of benzene rings is 1. The summed E-state index contributed by atoms with van der Waals surface area (Å²) >= 11 is 5.82. The Morgan fingerprint density at radius 2 is 2.24 bits per heavy atom. The number of aromatic nitrogens is 2. The lowest BCUT2D eigenvalue weighted by Gasteiger charge is -2.25. The number of alkyl halides is 1. The van der Waals surface area contributed by atoms with E-state index in [1.54, 1.807) is 6.07 Å². The molecule has 0 amide bonds. The second-order valence-electron chi connectivity index (χ2n) is 5.38. The highest BCUT2D eigenvalue weighted by molar-refractivity contribution is 7.91. The Morgan fingerprint density at radius 3 is 2.95 bits per heavy atom. The molecule has 2 aromatic rings. The van der Waals surface area contributed by atoms with Crippen LogP contribution in [0.1, 0.15) is 24.7 Å². The van der Waals surface area contributed by atoms with Gasteiger partial charge in [-0.05, 0) is 31.0 Å². The van der Waals surface area contributed by atoms with Crippen LogP contribution in [0.15, 0.2) is 18.2 Å². The predicted octanol–water partition coefficient (Wildman–Crippen LogP) is 2.71. The number of aryl methyl sites for hydroxylation is 1. The number of rotatable bonds is 3. The number of imidazole rings is 1. The van der Waals surface area contributed by atoms with Gasteiger partial charge in [-0.25, -0.2) is 17.8 Å². The van der Waals surface area contributed by atoms with Gasteiger partial charge in [0.25, 0.3) is 0 Å². The van der Waals surface area contributed by atoms with Crippen LogP contribution in [0.3, 0.4) is 0 Å². The van der Waals surface area contributed by atoms with Crippen molar-refractivity contribution in [3.8, 4) is 0 Å². The molecular formula is C14H16ClFN2O2S. The average molecular weight is 331 g/mol. The van der Waals surface area contributed by atoms with Gasteiger partial charge in [0.15, 0.2) is 9.84 Å². The van der Waals surface area contributed by atoms with Crippen LogP contribution in [-0.2, 0) is 16.3 Å². The van der Waals surface area contributed by atoms with Crippen LogP contribution in [0.2, 0.25) is 0 Å². The zero-order valence-corrected chi connectivity index (χ0v) is 13.0. The van der Waals surface area contributed by atoms with Crippen molar-refractivity contribution in [3.63, 3.8) is 0 Å². The van der Waals surface area contributed by atoms with Gasteiger partial charge in [-0.2, -0.15) is 0 Å². The molecule has 0 bridgehead atoms. The monoisotopic (exact) mass is 330 g/mol. The molecule has 3 rings (SSSR count). The highest BCUT2D eigenvalue weighted by atomic mass is 35.5. The van der Waals surface area contributed by atoms with E-state index in [1.165, 1.54) is 12.1 Å². The lowest BCUT2D eigenvalue weighted by molar-refractivity contribution is 0.467. The van der Waals surface area contributed by atoms with Crippen molar-refractivity contribution in [3.05, 3.63) is 29.8 Å². The largest absolute Gasteiger partial charge is 0.324 e. The molecule has 1 aromatic carbocycles. The molecular weight excluding hydrogens is 315 g/mol. The first-order chi connectivity index (χ1) is 10.00. The molecule has 1 aliphatic rings. The van der Waals surface area contributed by atoms with Crippen LogP contribution in [0.4, 0.5) is 4.39 Å². The van der Waals surface area contributed by atoms with E-state index in [1.807, 2.05) is 4.57 Å². The van der Waals surface area contributed by atoms with Gasteiger partial charge in [0.2, 0.25) is 0 Å². The first-order valence-corrected chi connectivity index (χ1v) is 9.28. The summed E-state index contributed by atoms with van der Waals surface area (Å²) in [5.74, 6) is 1.10. The molecule has 4 nitrogen and oxygen atoms in total. The quantitative estimate of drug-likeness (QED) is 0.813. The molecule has 0 radical (unpaired) electrons. The summed E-state index contributed by atoms with van der Waals surface area (Å²) in [6.45, 7) is 0. The standard InChI is InChI=1S/C14H16ClFN2O2S/c15-6-5-14-17-12-4-3-10(16)8-13(12)18(14)11-2-1-7-21(19,20)9-11/h3-4,8,11H,1-2,5-7,9H2. The highest BCUT2D eigenvalue weighted by Crippen LogP contribution is 2.29. The molecule has 2 heterocycles. The minimum Gasteiger partial charge on any atom is -0.324 e. The highest BCUT2D eigenvalue weighted by Gasteiger charge is 2.28. The Kier molecular flexibility index (Phi) is 3.92. The Morgan fingerprint density at radius 1 is 1.43 bits per heavy atom. The molecule has 1 unspecified atom stereocenters.